The van der Waals surface area contributed by atoms with E-state index in [0.717, 1.165) is 12.1 Å². The second-order valence-corrected chi connectivity index (χ2v) is 7.10. The molecule has 1 aromatic heterocycles. The van der Waals surface area contributed by atoms with Crippen LogP contribution in [0.2, 0.25) is 10.0 Å². The highest BCUT2D eigenvalue weighted by atomic mass is 35.5. The van der Waals surface area contributed by atoms with Gasteiger partial charge in [0.15, 0.2) is 0 Å². The van der Waals surface area contributed by atoms with Gasteiger partial charge in [0.25, 0.3) is 0 Å². The van der Waals surface area contributed by atoms with Crippen LogP contribution in [0.5, 0.6) is 0 Å². The van der Waals surface area contributed by atoms with Crippen molar-refractivity contribution in [1.82, 2.24) is 4.57 Å². The summed E-state index contributed by atoms with van der Waals surface area (Å²) in [7, 11) is 0. The lowest BCUT2D eigenvalue weighted by molar-refractivity contribution is -0.137. The number of nitrogens with zero attached hydrogens (tertiary/aromatic N) is 1. The number of fused-ring (bicyclic) bond motifs is 1. The molecule has 1 N–H and O–H groups in total. The number of aromatic carboxylic acids is 1. The molecular weight excluding hydrogens is 402 g/mol. The van der Waals surface area contributed by atoms with Gasteiger partial charge in [0.1, 0.15) is 0 Å². The van der Waals surface area contributed by atoms with E-state index in [1.807, 2.05) is 0 Å². The minimum absolute atomic E-state index is 0.0130. The van der Waals surface area contributed by atoms with Crippen molar-refractivity contribution in [2.75, 3.05) is 0 Å². The molecule has 0 radical (unpaired) electrons. The van der Waals surface area contributed by atoms with Gasteiger partial charge in [-0.15, -0.1) is 0 Å². The first-order valence-corrected chi connectivity index (χ1v) is 8.63. The number of alkyl halides is 3. The van der Waals surface area contributed by atoms with E-state index in [9.17, 15) is 23.1 Å². The van der Waals surface area contributed by atoms with Crippen molar-refractivity contribution in [2.45, 2.75) is 26.6 Å². The topological polar surface area (TPSA) is 42.2 Å². The average Bonchev–Trinajstić information content (AvgIpc) is 2.87. The second kappa shape index (κ2) is 6.77. The summed E-state index contributed by atoms with van der Waals surface area (Å²) in [5.41, 5.74) is 1.34. The van der Waals surface area contributed by atoms with E-state index in [1.165, 1.54) is 12.1 Å². The Morgan fingerprint density at radius 2 is 1.81 bits per heavy atom. The van der Waals surface area contributed by atoms with Gasteiger partial charge in [-0.1, -0.05) is 23.2 Å². The molecule has 0 aliphatic carbocycles. The molecule has 8 heteroatoms. The summed E-state index contributed by atoms with van der Waals surface area (Å²) in [6, 6.07) is 4.97. The lowest BCUT2D eigenvalue weighted by Crippen LogP contribution is -2.07. The zero-order valence-electron chi connectivity index (χ0n) is 14.3. The molecule has 1 heterocycles. The van der Waals surface area contributed by atoms with Gasteiger partial charge in [-0.2, -0.15) is 13.2 Å². The molecule has 0 aliphatic rings. The third-order valence-electron chi connectivity index (χ3n) is 4.43. The number of hydrogen-bond acceptors (Lipinski definition) is 1. The minimum Gasteiger partial charge on any atom is -0.478 e. The van der Waals surface area contributed by atoms with E-state index in [2.05, 4.69) is 0 Å². The highest BCUT2D eigenvalue weighted by molar-refractivity contribution is 6.37. The lowest BCUT2D eigenvalue weighted by atomic mass is 10.0. The second-order valence-electron chi connectivity index (χ2n) is 6.32. The Kier molecular flexibility index (Phi) is 4.91. The van der Waals surface area contributed by atoms with Gasteiger partial charge in [-0.25, -0.2) is 4.79 Å². The number of benzene rings is 2. The number of rotatable bonds is 3. The standard InChI is InChI=1S/C19H14Cl2F3NO2/c1-9-5-11(19(22,23)24)6-13-10(2)7-25(17(9)13)8-14-15(20)4-3-12(16(14)21)18(26)27/h3-7H,8H2,1-2H3,(H,26,27). The van der Waals surface area contributed by atoms with E-state index in [1.54, 1.807) is 24.6 Å². The Labute approximate surface area is 162 Å². The Morgan fingerprint density at radius 3 is 2.41 bits per heavy atom. The highest BCUT2D eigenvalue weighted by Gasteiger charge is 2.31. The maximum absolute atomic E-state index is 13.1. The molecule has 0 aliphatic heterocycles. The van der Waals surface area contributed by atoms with Crippen LogP contribution in [-0.4, -0.2) is 15.6 Å². The van der Waals surface area contributed by atoms with E-state index in [0.29, 0.717) is 27.6 Å². The molecule has 0 spiro atoms. The quantitative estimate of drug-likeness (QED) is 0.542. The van der Waals surface area contributed by atoms with Crippen LogP contribution in [0.1, 0.15) is 32.6 Å². The SMILES string of the molecule is Cc1cn(Cc2c(Cl)ccc(C(=O)O)c2Cl)c2c(C)cc(C(F)(F)F)cc12. The van der Waals surface area contributed by atoms with E-state index in [-0.39, 0.29) is 22.2 Å². The molecule has 0 saturated carbocycles. The first-order valence-electron chi connectivity index (χ1n) is 7.88. The van der Waals surface area contributed by atoms with Crippen LogP contribution >= 0.6 is 23.2 Å². The fourth-order valence-corrected chi connectivity index (χ4v) is 3.77. The van der Waals surface area contributed by atoms with E-state index >= 15 is 0 Å². The smallest absolute Gasteiger partial charge is 0.416 e. The van der Waals surface area contributed by atoms with Gasteiger partial charge < -0.3 is 9.67 Å². The number of carboxylic acids is 1. The minimum atomic E-state index is -4.43. The van der Waals surface area contributed by atoms with Crippen LogP contribution in [0.3, 0.4) is 0 Å². The third-order valence-corrected chi connectivity index (χ3v) is 5.22. The van der Waals surface area contributed by atoms with Crippen molar-refractivity contribution in [1.29, 1.82) is 0 Å². The van der Waals surface area contributed by atoms with E-state index < -0.39 is 17.7 Å². The Morgan fingerprint density at radius 1 is 1.15 bits per heavy atom. The van der Waals surface area contributed by atoms with Crippen LogP contribution < -0.4 is 0 Å². The summed E-state index contributed by atoms with van der Waals surface area (Å²) in [6.45, 7) is 3.45. The van der Waals surface area contributed by atoms with Crippen molar-refractivity contribution >= 4 is 40.1 Å². The normalized spacial score (nSPS) is 12.0. The molecule has 3 aromatic rings. The van der Waals surface area contributed by atoms with Crippen LogP contribution in [-0.2, 0) is 12.7 Å². The Bertz CT molecular complexity index is 1070. The fourth-order valence-electron chi connectivity index (χ4n) is 3.20. The van der Waals surface area contributed by atoms with Gasteiger partial charge >= 0.3 is 12.1 Å². The van der Waals surface area contributed by atoms with Gasteiger partial charge in [0, 0.05) is 22.2 Å². The summed E-state index contributed by atoms with van der Waals surface area (Å²) in [5.74, 6) is -1.18. The number of hydrogen-bond donors (Lipinski definition) is 1. The monoisotopic (exact) mass is 415 g/mol. The number of carbonyl (C=O) groups is 1. The molecule has 3 rings (SSSR count). The molecule has 0 bridgehead atoms. The molecule has 3 nitrogen and oxygen atoms in total. The van der Waals surface area contributed by atoms with Crippen LogP contribution in [0.15, 0.2) is 30.5 Å². The van der Waals surface area contributed by atoms with Crippen molar-refractivity contribution in [3.63, 3.8) is 0 Å². The molecule has 2 aromatic carbocycles. The summed E-state index contributed by atoms with van der Waals surface area (Å²) in [5, 5.41) is 10.0. The first kappa shape index (κ1) is 19.6. The maximum atomic E-state index is 13.1. The zero-order valence-corrected chi connectivity index (χ0v) is 15.8. The number of aryl methyl sites for hydroxylation is 2. The maximum Gasteiger partial charge on any atom is 0.416 e. The fraction of sp³-hybridized carbons (Fsp3) is 0.211. The molecule has 0 amide bonds. The largest absolute Gasteiger partial charge is 0.478 e. The Balaban J connectivity index is 2.18. The molecule has 0 unspecified atom stereocenters. The van der Waals surface area contributed by atoms with Gasteiger partial charge in [0.2, 0.25) is 0 Å². The van der Waals surface area contributed by atoms with Crippen LogP contribution in [0.4, 0.5) is 13.2 Å². The highest BCUT2D eigenvalue weighted by Crippen LogP contribution is 2.36. The zero-order chi connectivity index (χ0) is 20.1. The first-order chi connectivity index (χ1) is 12.5. The number of carboxylic acid groups (broad SMARTS) is 1. The summed E-state index contributed by atoms with van der Waals surface area (Å²) in [6.07, 6.45) is -2.73. The molecular formula is C19H14Cl2F3NO2. The molecule has 0 fully saturated rings. The van der Waals surface area contributed by atoms with Crippen molar-refractivity contribution in [2.24, 2.45) is 0 Å². The summed E-state index contributed by atoms with van der Waals surface area (Å²) < 4.78 is 41.1. The van der Waals surface area contributed by atoms with Crippen molar-refractivity contribution < 1.29 is 23.1 Å². The lowest BCUT2D eigenvalue weighted by Gasteiger charge is -2.14. The predicted molar refractivity (Wildman–Crippen MR) is 98.9 cm³/mol. The van der Waals surface area contributed by atoms with E-state index in [4.69, 9.17) is 23.2 Å². The van der Waals surface area contributed by atoms with Crippen LogP contribution in [0, 0.1) is 13.8 Å². The number of halogens is 5. The Hall–Kier alpha value is -2.18. The van der Waals surface area contributed by atoms with Gasteiger partial charge in [-0.3, -0.25) is 0 Å². The molecule has 0 saturated heterocycles. The predicted octanol–water partition coefficient (Wildman–Crippen LogP) is 6.33. The van der Waals surface area contributed by atoms with Crippen molar-refractivity contribution in [3.8, 4) is 0 Å². The average molecular weight is 416 g/mol. The summed E-state index contributed by atoms with van der Waals surface area (Å²) >= 11 is 12.4. The van der Waals surface area contributed by atoms with Gasteiger partial charge in [-0.05, 0) is 49.2 Å². The van der Waals surface area contributed by atoms with Crippen LogP contribution in [0.25, 0.3) is 10.9 Å². The molecule has 0 atom stereocenters. The molecule has 142 valence electrons. The van der Waals surface area contributed by atoms with Gasteiger partial charge in [0.05, 0.1) is 28.2 Å². The third kappa shape index (κ3) is 3.51. The number of aromatic nitrogens is 1. The van der Waals surface area contributed by atoms with Crippen molar-refractivity contribution in [3.05, 3.63) is 68.3 Å². The molecule has 27 heavy (non-hydrogen) atoms. The summed E-state index contributed by atoms with van der Waals surface area (Å²) in [4.78, 5) is 11.3.